The zero-order chi connectivity index (χ0) is 18.0. The second-order valence-corrected chi connectivity index (χ2v) is 7.19. The molecular formula is C19H24N4O3. The summed E-state index contributed by atoms with van der Waals surface area (Å²) < 4.78 is 13.8. The maximum Gasteiger partial charge on any atom is 0.257 e. The zero-order valence-electron chi connectivity index (χ0n) is 15.0. The number of amides is 1. The molecule has 1 atom stereocenters. The first-order valence-electron chi connectivity index (χ1n) is 9.06. The fraction of sp³-hybridized carbons (Fsp3) is 0.526. The molecule has 4 heterocycles. The van der Waals surface area contributed by atoms with E-state index in [1.165, 1.54) is 0 Å². The normalized spacial score (nSPS) is 22.0. The van der Waals surface area contributed by atoms with Gasteiger partial charge in [-0.2, -0.15) is 5.10 Å². The summed E-state index contributed by atoms with van der Waals surface area (Å²) in [7, 11) is 1.82. The topological polar surface area (TPSA) is 69.5 Å². The molecule has 1 amide bonds. The smallest absolute Gasteiger partial charge is 0.257 e. The maximum absolute atomic E-state index is 12.5. The molecule has 1 spiro atoms. The molecule has 7 nitrogen and oxygen atoms in total. The molecule has 0 saturated carbocycles. The standard InChI is InChI=1S/C19H24N4O3/c1-22-12-16(11-21-22)18(24)23-7-4-19(5-8-23)9-17(14-26-19)25-13-15-3-2-6-20-10-15/h2-3,6,10-12,17H,4-5,7-9,13-14H2,1H3/t17-/m1/s1. The minimum absolute atomic E-state index is 0.0512. The van der Waals surface area contributed by atoms with E-state index >= 15 is 0 Å². The van der Waals surface area contributed by atoms with Crippen molar-refractivity contribution in [1.82, 2.24) is 19.7 Å². The van der Waals surface area contributed by atoms with Crippen LogP contribution in [0.4, 0.5) is 0 Å². The predicted octanol–water partition coefficient (Wildman–Crippen LogP) is 1.80. The van der Waals surface area contributed by atoms with Crippen molar-refractivity contribution >= 4 is 5.91 Å². The summed E-state index contributed by atoms with van der Waals surface area (Å²) in [5.41, 5.74) is 1.57. The fourth-order valence-corrected chi connectivity index (χ4v) is 3.79. The Morgan fingerprint density at radius 3 is 2.92 bits per heavy atom. The molecule has 2 aliphatic heterocycles. The second-order valence-electron chi connectivity index (χ2n) is 7.19. The third kappa shape index (κ3) is 3.64. The summed E-state index contributed by atoms with van der Waals surface area (Å²) in [5.74, 6) is 0.0512. The number of aromatic nitrogens is 3. The zero-order valence-corrected chi connectivity index (χ0v) is 15.0. The van der Waals surface area contributed by atoms with Crippen LogP contribution in [0, 0.1) is 0 Å². The third-order valence-corrected chi connectivity index (χ3v) is 5.30. The maximum atomic E-state index is 12.5. The SMILES string of the molecule is Cn1cc(C(=O)N2CCC3(CC2)C[C@@H](OCc2cccnc2)CO3)cn1. The van der Waals surface area contributed by atoms with E-state index in [9.17, 15) is 4.79 Å². The number of pyridine rings is 1. The van der Waals surface area contributed by atoms with Crippen molar-refractivity contribution < 1.29 is 14.3 Å². The van der Waals surface area contributed by atoms with Gasteiger partial charge in [0.15, 0.2) is 0 Å². The van der Waals surface area contributed by atoms with Crippen LogP contribution in [0.3, 0.4) is 0 Å². The van der Waals surface area contributed by atoms with E-state index < -0.39 is 0 Å². The Hall–Kier alpha value is -2.25. The van der Waals surface area contributed by atoms with Gasteiger partial charge in [0.05, 0.1) is 36.7 Å². The highest BCUT2D eigenvalue weighted by Gasteiger charge is 2.44. The van der Waals surface area contributed by atoms with Crippen LogP contribution in [0.2, 0.25) is 0 Å². The van der Waals surface area contributed by atoms with Crippen molar-refractivity contribution in [3.05, 3.63) is 48.0 Å². The Balaban J connectivity index is 1.28. The highest BCUT2D eigenvalue weighted by molar-refractivity contribution is 5.93. The van der Waals surface area contributed by atoms with Crippen LogP contribution < -0.4 is 0 Å². The van der Waals surface area contributed by atoms with Gasteiger partial charge in [-0.3, -0.25) is 14.5 Å². The van der Waals surface area contributed by atoms with Gasteiger partial charge in [-0.15, -0.1) is 0 Å². The van der Waals surface area contributed by atoms with Gasteiger partial charge in [0.2, 0.25) is 0 Å². The molecule has 4 rings (SSSR count). The first-order valence-corrected chi connectivity index (χ1v) is 9.06. The number of piperidine rings is 1. The van der Waals surface area contributed by atoms with Crippen molar-refractivity contribution in [3.8, 4) is 0 Å². The quantitative estimate of drug-likeness (QED) is 0.835. The number of aryl methyl sites for hydroxylation is 1. The highest BCUT2D eigenvalue weighted by atomic mass is 16.6. The van der Waals surface area contributed by atoms with Crippen molar-refractivity contribution in [2.45, 2.75) is 37.6 Å². The van der Waals surface area contributed by atoms with Gasteiger partial charge in [0, 0.05) is 45.1 Å². The van der Waals surface area contributed by atoms with Crippen LogP contribution in [-0.4, -0.2) is 57.0 Å². The summed E-state index contributed by atoms with van der Waals surface area (Å²) in [6.07, 6.45) is 9.68. The second kappa shape index (κ2) is 7.17. The molecule has 0 aromatic carbocycles. The Morgan fingerprint density at radius 1 is 1.38 bits per heavy atom. The molecule has 2 aliphatic rings. The summed E-state index contributed by atoms with van der Waals surface area (Å²) in [5, 5.41) is 4.08. The first-order chi connectivity index (χ1) is 12.6. The predicted molar refractivity (Wildman–Crippen MR) is 94.5 cm³/mol. The number of ether oxygens (including phenoxy) is 2. The van der Waals surface area contributed by atoms with E-state index in [0.717, 1.165) is 24.8 Å². The van der Waals surface area contributed by atoms with Crippen LogP contribution in [0.15, 0.2) is 36.9 Å². The number of hydrogen-bond donors (Lipinski definition) is 0. The minimum atomic E-state index is -0.147. The van der Waals surface area contributed by atoms with Crippen molar-refractivity contribution in [3.63, 3.8) is 0 Å². The Kier molecular flexibility index (Phi) is 4.74. The largest absolute Gasteiger partial charge is 0.372 e. The van der Waals surface area contributed by atoms with Gasteiger partial charge in [-0.05, 0) is 24.5 Å². The van der Waals surface area contributed by atoms with Gasteiger partial charge >= 0.3 is 0 Å². The molecule has 2 saturated heterocycles. The molecule has 7 heteroatoms. The van der Waals surface area contributed by atoms with Crippen LogP contribution in [0.1, 0.15) is 35.2 Å². The molecule has 2 fully saturated rings. The first kappa shape index (κ1) is 17.2. The van der Waals surface area contributed by atoms with Crippen molar-refractivity contribution in [2.75, 3.05) is 19.7 Å². The average molecular weight is 356 g/mol. The third-order valence-electron chi connectivity index (χ3n) is 5.30. The van der Waals surface area contributed by atoms with E-state index in [4.69, 9.17) is 9.47 Å². The molecule has 138 valence electrons. The molecule has 0 aliphatic carbocycles. The van der Waals surface area contributed by atoms with Crippen LogP contribution in [0.25, 0.3) is 0 Å². The van der Waals surface area contributed by atoms with Gasteiger partial charge in [0.25, 0.3) is 5.91 Å². The number of hydrogen-bond acceptors (Lipinski definition) is 5. The van der Waals surface area contributed by atoms with Gasteiger partial charge in [0.1, 0.15) is 0 Å². The monoisotopic (exact) mass is 356 g/mol. The molecule has 2 aromatic rings. The number of rotatable bonds is 4. The lowest BCUT2D eigenvalue weighted by Crippen LogP contribution is -2.46. The van der Waals surface area contributed by atoms with E-state index in [1.807, 2.05) is 30.3 Å². The molecule has 2 aromatic heterocycles. The Bertz CT molecular complexity index is 753. The summed E-state index contributed by atoms with van der Waals surface area (Å²) in [6.45, 7) is 2.60. The lowest BCUT2D eigenvalue weighted by atomic mass is 9.88. The van der Waals surface area contributed by atoms with E-state index in [0.29, 0.717) is 31.9 Å². The Morgan fingerprint density at radius 2 is 2.23 bits per heavy atom. The van der Waals surface area contributed by atoms with Gasteiger partial charge in [-0.25, -0.2) is 0 Å². The molecule has 26 heavy (non-hydrogen) atoms. The van der Waals surface area contributed by atoms with E-state index in [1.54, 1.807) is 23.3 Å². The molecule has 0 radical (unpaired) electrons. The van der Waals surface area contributed by atoms with E-state index in [2.05, 4.69) is 10.1 Å². The van der Waals surface area contributed by atoms with E-state index in [-0.39, 0.29) is 17.6 Å². The average Bonchev–Trinajstić information content (AvgIpc) is 3.28. The summed E-state index contributed by atoms with van der Waals surface area (Å²) >= 11 is 0. The van der Waals surface area contributed by atoms with Crippen LogP contribution >= 0.6 is 0 Å². The lowest BCUT2D eigenvalue weighted by molar-refractivity contribution is -0.0412. The summed E-state index contributed by atoms with van der Waals surface area (Å²) in [4.78, 5) is 18.5. The molecule has 0 unspecified atom stereocenters. The van der Waals surface area contributed by atoms with Crippen molar-refractivity contribution in [2.24, 2.45) is 7.05 Å². The fourth-order valence-electron chi connectivity index (χ4n) is 3.79. The van der Waals surface area contributed by atoms with Gasteiger partial charge < -0.3 is 14.4 Å². The number of nitrogens with zero attached hydrogens (tertiary/aromatic N) is 4. The molecule has 0 bridgehead atoms. The van der Waals surface area contributed by atoms with Crippen LogP contribution in [0.5, 0.6) is 0 Å². The van der Waals surface area contributed by atoms with Gasteiger partial charge in [-0.1, -0.05) is 6.07 Å². The number of likely N-dealkylation sites (tertiary alicyclic amines) is 1. The number of carbonyl (C=O) groups is 1. The number of carbonyl (C=O) groups excluding carboxylic acids is 1. The highest BCUT2D eigenvalue weighted by Crippen LogP contribution is 2.37. The van der Waals surface area contributed by atoms with Crippen molar-refractivity contribution in [1.29, 1.82) is 0 Å². The molecule has 0 N–H and O–H groups in total. The van der Waals surface area contributed by atoms with Crippen LogP contribution in [-0.2, 0) is 23.1 Å². The lowest BCUT2D eigenvalue weighted by Gasteiger charge is -2.38. The summed E-state index contributed by atoms with van der Waals surface area (Å²) in [6, 6.07) is 3.93. The minimum Gasteiger partial charge on any atom is -0.372 e. The molecular weight excluding hydrogens is 332 g/mol. The Labute approximate surface area is 152 Å².